The van der Waals surface area contributed by atoms with Gasteiger partial charge in [0.25, 0.3) is 0 Å². The van der Waals surface area contributed by atoms with Crippen molar-refractivity contribution in [2.45, 2.75) is 31.3 Å². The molecule has 0 radical (unpaired) electrons. The number of carbonyl (C=O) groups excluding carboxylic acids is 1. The summed E-state index contributed by atoms with van der Waals surface area (Å²) < 4.78 is 2.01. The summed E-state index contributed by atoms with van der Waals surface area (Å²) in [6.45, 7) is 1.50. The van der Waals surface area contributed by atoms with Gasteiger partial charge >= 0.3 is 5.97 Å². The number of aliphatic hydroxyl groups is 1. The molecule has 8 nitrogen and oxygen atoms in total. The molecular weight excluding hydrogens is 336 g/mol. The molecule has 0 saturated carbocycles. The molecule has 0 aromatic carbocycles. The predicted molar refractivity (Wildman–Crippen MR) is 96.1 cm³/mol. The summed E-state index contributed by atoms with van der Waals surface area (Å²) in [6.07, 6.45) is 6.43. The number of nitrogens with zero attached hydrogens (tertiary/aromatic N) is 4. The molecule has 0 unspecified atom stereocenters. The fourth-order valence-electron chi connectivity index (χ4n) is 3.43. The van der Waals surface area contributed by atoms with Gasteiger partial charge in [-0.2, -0.15) is 0 Å². The van der Waals surface area contributed by atoms with Gasteiger partial charge in [0.15, 0.2) is 5.82 Å². The van der Waals surface area contributed by atoms with E-state index >= 15 is 0 Å². The van der Waals surface area contributed by atoms with Crippen LogP contribution in [0.15, 0.2) is 30.7 Å². The molecular formula is C18H24N4O4. The molecule has 1 saturated heterocycles. The molecule has 3 heterocycles. The van der Waals surface area contributed by atoms with Crippen molar-refractivity contribution in [1.29, 1.82) is 0 Å². The normalized spacial score (nSPS) is 16.6. The molecule has 0 aliphatic carbocycles. The average Bonchev–Trinajstić information content (AvgIpc) is 3.08. The monoisotopic (exact) mass is 360 g/mol. The number of hydrogen-bond donors (Lipinski definition) is 2. The lowest BCUT2D eigenvalue weighted by molar-refractivity contribution is -0.141. The largest absolute Gasteiger partial charge is 0.481 e. The highest BCUT2D eigenvalue weighted by Gasteiger charge is 2.35. The number of amides is 1. The maximum absolute atomic E-state index is 12.0. The first-order valence-electron chi connectivity index (χ1n) is 8.73. The number of hydrogen-bond acceptors (Lipinski definition) is 5. The summed E-state index contributed by atoms with van der Waals surface area (Å²) in [6, 6.07) is 3.98. The van der Waals surface area contributed by atoms with E-state index in [1.807, 2.05) is 28.9 Å². The van der Waals surface area contributed by atoms with Crippen LogP contribution in [0.4, 0.5) is 5.82 Å². The summed E-state index contributed by atoms with van der Waals surface area (Å²) in [7, 11) is 1.61. The van der Waals surface area contributed by atoms with E-state index in [4.69, 9.17) is 5.11 Å². The molecule has 2 aromatic rings. The van der Waals surface area contributed by atoms with Gasteiger partial charge in [-0.25, -0.2) is 4.98 Å². The molecule has 140 valence electrons. The molecule has 1 fully saturated rings. The number of rotatable bonds is 6. The lowest BCUT2D eigenvalue weighted by Crippen LogP contribution is -2.51. The second-order valence-electron chi connectivity index (χ2n) is 6.91. The van der Waals surface area contributed by atoms with E-state index in [9.17, 15) is 14.7 Å². The van der Waals surface area contributed by atoms with Crippen LogP contribution in [0.5, 0.6) is 0 Å². The second-order valence-corrected chi connectivity index (χ2v) is 6.91. The molecule has 0 bridgehead atoms. The Kier molecular flexibility index (Phi) is 5.13. The number of carboxylic acid groups (broad SMARTS) is 1. The lowest BCUT2D eigenvalue weighted by atomic mass is 9.90. The topological polar surface area (TPSA) is 98.4 Å². The van der Waals surface area contributed by atoms with Crippen LogP contribution < -0.4 is 4.90 Å². The summed E-state index contributed by atoms with van der Waals surface area (Å²) in [5, 5.41) is 19.5. The van der Waals surface area contributed by atoms with E-state index < -0.39 is 11.6 Å². The Morgan fingerprint density at radius 1 is 1.27 bits per heavy atom. The van der Waals surface area contributed by atoms with Crippen LogP contribution >= 0.6 is 0 Å². The third-order valence-electron chi connectivity index (χ3n) is 4.94. The van der Waals surface area contributed by atoms with Crippen molar-refractivity contribution in [3.05, 3.63) is 30.7 Å². The minimum Gasteiger partial charge on any atom is -0.481 e. The van der Waals surface area contributed by atoms with Crippen LogP contribution in [0.1, 0.15) is 25.7 Å². The Labute approximate surface area is 151 Å². The molecule has 1 aliphatic heterocycles. The minimum absolute atomic E-state index is 0.0475. The summed E-state index contributed by atoms with van der Waals surface area (Å²) in [4.78, 5) is 30.7. The van der Waals surface area contributed by atoms with Crippen molar-refractivity contribution in [3.63, 3.8) is 0 Å². The van der Waals surface area contributed by atoms with Gasteiger partial charge in [0.1, 0.15) is 0 Å². The molecule has 2 aromatic heterocycles. The highest BCUT2D eigenvalue weighted by molar-refractivity contribution is 5.80. The molecule has 3 rings (SSSR count). The van der Waals surface area contributed by atoms with E-state index in [0.717, 1.165) is 11.3 Å². The van der Waals surface area contributed by atoms with E-state index in [-0.39, 0.29) is 25.3 Å². The smallest absolute Gasteiger partial charge is 0.303 e. The zero-order valence-corrected chi connectivity index (χ0v) is 14.8. The van der Waals surface area contributed by atoms with E-state index in [1.165, 1.54) is 4.90 Å². The number of anilines is 1. The zero-order chi connectivity index (χ0) is 18.7. The molecule has 0 spiro atoms. The number of piperidine rings is 1. The number of carboxylic acids is 1. The predicted octanol–water partition coefficient (Wildman–Crippen LogP) is 0.989. The molecule has 1 amide bonds. The zero-order valence-electron chi connectivity index (χ0n) is 14.8. The van der Waals surface area contributed by atoms with E-state index in [0.29, 0.717) is 25.9 Å². The Morgan fingerprint density at radius 3 is 2.69 bits per heavy atom. The van der Waals surface area contributed by atoms with Crippen molar-refractivity contribution in [2.75, 3.05) is 31.6 Å². The van der Waals surface area contributed by atoms with Crippen LogP contribution in [-0.2, 0) is 9.59 Å². The number of likely N-dealkylation sites (N-methyl/N-ethyl adjacent to an activating group) is 1. The van der Waals surface area contributed by atoms with Gasteiger partial charge in [0.05, 0.1) is 17.5 Å². The number of carbonyl (C=O) groups is 2. The van der Waals surface area contributed by atoms with Crippen LogP contribution in [0.2, 0.25) is 0 Å². The van der Waals surface area contributed by atoms with Crippen molar-refractivity contribution in [3.8, 4) is 0 Å². The number of aromatic nitrogens is 2. The van der Waals surface area contributed by atoms with Crippen molar-refractivity contribution in [2.24, 2.45) is 0 Å². The van der Waals surface area contributed by atoms with Crippen molar-refractivity contribution < 1.29 is 19.8 Å². The second kappa shape index (κ2) is 7.33. The first-order chi connectivity index (χ1) is 12.4. The summed E-state index contributed by atoms with van der Waals surface area (Å²) in [5.74, 6) is -0.362. The van der Waals surface area contributed by atoms with Gasteiger partial charge in [-0.1, -0.05) is 0 Å². The highest BCUT2D eigenvalue weighted by atomic mass is 16.4. The standard InChI is InChI=1S/C18H24N4O4/c1-20(15(23)4-5-16(24)25)13-18(26)6-10-22(11-7-18)17-14-3-2-9-21(14)12-8-19-17/h2-3,8-9,12,26H,4-7,10-11,13H2,1H3,(H,24,25). The van der Waals surface area contributed by atoms with E-state index in [2.05, 4.69) is 9.88 Å². The maximum Gasteiger partial charge on any atom is 0.303 e. The van der Waals surface area contributed by atoms with Gasteiger partial charge in [0, 0.05) is 51.7 Å². The van der Waals surface area contributed by atoms with Gasteiger partial charge < -0.3 is 24.4 Å². The summed E-state index contributed by atoms with van der Waals surface area (Å²) >= 11 is 0. The first-order valence-corrected chi connectivity index (χ1v) is 8.73. The summed E-state index contributed by atoms with van der Waals surface area (Å²) in [5.41, 5.74) is 0.0656. The minimum atomic E-state index is -0.995. The fraction of sp³-hybridized carbons (Fsp3) is 0.500. The van der Waals surface area contributed by atoms with Crippen LogP contribution in [0.3, 0.4) is 0 Å². The van der Waals surface area contributed by atoms with Crippen LogP contribution in [-0.4, -0.2) is 68.7 Å². The van der Waals surface area contributed by atoms with Crippen molar-refractivity contribution in [1.82, 2.24) is 14.3 Å². The Morgan fingerprint density at radius 2 is 2.00 bits per heavy atom. The van der Waals surface area contributed by atoms with Crippen LogP contribution in [0, 0.1) is 0 Å². The first kappa shape index (κ1) is 18.2. The Balaban J connectivity index is 1.59. The van der Waals surface area contributed by atoms with Crippen molar-refractivity contribution >= 4 is 23.2 Å². The number of fused-ring (bicyclic) bond motifs is 1. The van der Waals surface area contributed by atoms with E-state index in [1.54, 1.807) is 13.2 Å². The number of aliphatic carboxylic acids is 1. The lowest BCUT2D eigenvalue weighted by Gasteiger charge is -2.40. The average molecular weight is 360 g/mol. The van der Waals surface area contributed by atoms with Crippen LogP contribution in [0.25, 0.3) is 5.52 Å². The Bertz CT molecular complexity index is 795. The third-order valence-corrected chi connectivity index (χ3v) is 4.94. The van der Waals surface area contributed by atoms with Gasteiger partial charge in [-0.15, -0.1) is 0 Å². The SMILES string of the molecule is CN(CC1(O)CCN(c2nccn3cccc23)CC1)C(=O)CCC(=O)O. The molecule has 8 heteroatoms. The van der Waals surface area contributed by atoms with Gasteiger partial charge in [-0.05, 0) is 25.0 Å². The highest BCUT2D eigenvalue weighted by Crippen LogP contribution is 2.28. The molecule has 2 N–H and O–H groups in total. The maximum atomic E-state index is 12.0. The Hall–Kier alpha value is -2.61. The molecule has 1 aliphatic rings. The fourth-order valence-corrected chi connectivity index (χ4v) is 3.43. The quantitative estimate of drug-likeness (QED) is 0.797. The van der Waals surface area contributed by atoms with Gasteiger partial charge in [-0.3, -0.25) is 9.59 Å². The van der Waals surface area contributed by atoms with Gasteiger partial charge in [0.2, 0.25) is 5.91 Å². The third kappa shape index (κ3) is 3.96. The molecule has 26 heavy (non-hydrogen) atoms. The molecule has 0 atom stereocenters.